The van der Waals surface area contributed by atoms with E-state index in [9.17, 15) is 0 Å². The van der Waals surface area contributed by atoms with E-state index in [1.54, 1.807) is 0 Å². The molecule has 2 aliphatic rings. The summed E-state index contributed by atoms with van der Waals surface area (Å²) in [6.07, 6.45) is 11.1. The molecule has 6 rings (SSSR count). The SMILES string of the molecule is Cc1ccc(-c2cc(Br)c(-c3cc(Br)c(C4=C(Br)C(C)C5C=CC=CC5=C4)cc3Br)cc2-c2ccc(C)s2)s1. The minimum atomic E-state index is 0.380. The first-order valence-electron chi connectivity index (χ1n) is 12.6. The summed E-state index contributed by atoms with van der Waals surface area (Å²) in [5.41, 5.74) is 8.59. The molecule has 39 heavy (non-hydrogen) atoms. The lowest BCUT2D eigenvalue weighted by atomic mass is 9.77. The predicted octanol–water partition coefficient (Wildman–Crippen LogP) is 13.1. The van der Waals surface area contributed by atoms with Crippen molar-refractivity contribution in [2.45, 2.75) is 20.8 Å². The van der Waals surface area contributed by atoms with Gasteiger partial charge in [-0.15, -0.1) is 22.7 Å². The van der Waals surface area contributed by atoms with Crippen molar-refractivity contribution in [3.05, 3.63) is 118 Å². The Morgan fingerprint density at radius 2 is 1.18 bits per heavy atom. The summed E-state index contributed by atoms with van der Waals surface area (Å²) < 4.78 is 4.46. The lowest BCUT2D eigenvalue weighted by Gasteiger charge is -2.30. The molecule has 2 unspecified atom stereocenters. The van der Waals surface area contributed by atoms with Gasteiger partial charge in [0.15, 0.2) is 0 Å². The van der Waals surface area contributed by atoms with Crippen molar-refractivity contribution in [3.8, 4) is 32.0 Å². The molecule has 0 nitrogen and oxygen atoms in total. The van der Waals surface area contributed by atoms with Crippen molar-refractivity contribution in [2.75, 3.05) is 0 Å². The monoisotopic (exact) mass is 800 g/mol. The second kappa shape index (κ2) is 11.2. The van der Waals surface area contributed by atoms with Crippen molar-refractivity contribution >= 4 is 92.0 Å². The molecule has 6 heteroatoms. The minimum Gasteiger partial charge on any atom is -0.141 e. The van der Waals surface area contributed by atoms with Gasteiger partial charge < -0.3 is 0 Å². The molecule has 2 aromatic heterocycles. The highest BCUT2D eigenvalue weighted by molar-refractivity contribution is 9.12. The van der Waals surface area contributed by atoms with Crippen LogP contribution in [0, 0.1) is 25.7 Å². The highest BCUT2D eigenvalue weighted by Gasteiger charge is 2.29. The molecule has 0 N–H and O–H groups in total. The standard InChI is InChI=1S/C33H24Br4S2/c1-17-8-10-31(38-17)25-13-22(30(36)16-26(25)32-11-9-18(2)39-32)23-14-29(35)24(15-28(23)34)27-12-20-6-4-5-7-21(20)19(3)33(27)37/h4-16,19,21H,1-3H3. The second-order valence-electron chi connectivity index (χ2n) is 9.97. The van der Waals surface area contributed by atoms with Gasteiger partial charge in [-0.3, -0.25) is 0 Å². The summed E-state index contributed by atoms with van der Waals surface area (Å²) in [4.78, 5) is 5.21. The van der Waals surface area contributed by atoms with Gasteiger partial charge in [-0.1, -0.05) is 94.9 Å². The third kappa shape index (κ3) is 5.26. The smallest absolute Gasteiger partial charge is 0.0352 e. The molecular formula is C33H24Br4S2. The van der Waals surface area contributed by atoms with Gasteiger partial charge >= 0.3 is 0 Å². The van der Waals surface area contributed by atoms with Gasteiger partial charge in [-0.25, -0.2) is 0 Å². The summed E-state index contributed by atoms with van der Waals surface area (Å²) in [6, 6.07) is 18.0. The Bertz CT molecular complexity index is 1750. The van der Waals surface area contributed by atoms with Gasteiger partial charge in [0.1, 0.15) is 0 Å². The molecule has 0 spiro atoms. The molecule has 0 amide bonds. The van der Waals surface area contributed by atoms with E-state index in [1.807, 2.05) is 22.7 Å². The maximum Gasteiger partial charge on any atom is 0.0352 e. The number of allylic oxidation sites excluding steroid dienone is 8. The van der Waals surface area contributed by atoms with Crippen LogP contribution in [0.1, 0.15) is 22.2 Å². The number of benzene rings is 2. The molecule has 0 bridgehead atoms. The predicted molar refractivity (Wildman–Crippen MR) is 186 cm³/mol. The van der Waals surface area contributed by atoms with Gasteiger partial charge in [0, 0.05) is 54.5 Å². The average molecular weight is 804 g/mol. The van der Waals surface area contributed by atoms with Crippen LogP contribution >= 0.6 is 86.4 Å². The lowest BCUT2D eigenvalue weighted by molar-refractivity contribution is 0.579. The number of hydrogen-bond donors (Lipinski definition) is 0. The Kier molecular flexibility index (Phi) is 7.99. The quantitative estimate of drug-likeness (QED) is 0.193. The van der Waals surface area contributed by atoms with Gasteiger partial charge in [0.25, 0.3) is 0 Å². The molecule has 0 saturated heterocycles. The van der Waals surface area contributed by atoms with E-state index in [1.165, 1.54) is 51.8 Å². The fourth-order valence-electron chi connectivity index (χ4n) is 5.32. The maximum absolute atomic E-state index is 3.96. The van der Waals surface area contributed by atoms with Gasteiger partial charge in [-0.05, 0) is 102 Å². The molecule has 2 atom stereocenters. The second-order valence-corrected chi connectivity index (χ2v) is 16.0. The number of halogens is 4. The van der Waals surface area contributed by atoms with Crippen LogP contribution < -0.4 is 0 Å². The summed E-state index contributed by atoms with van der Waals surface area (Å²) in [7, 11) is 0. The van der Waals surface area contributed by atoms with E-state index in [4.69, 9.17) is 0 Å². The summed E-state index contributed by atoms with van der Waals surface area (Å²) in [5.74, 6) is 0.793. The number of fused-ring (bicyclic) bond motifs is 1. The van der Waals surface area contributed by atoms with Crippen molar-refractivity contribution < 1.29 is 0 Å². The Morgan fingerprint density at radius 3 is 1.79 bits per heavy atom. The highest BCUT2D eigenvalue weighted by atomic mass is 79.9. The zero-order chi connectivity index (χ0) is 27.4. The molecule has 2 heterocycles. The lowest BCUT2D eigenvalue weighted by Crippen LogP contribution is -2.17. The van der Waals surface area contributed by atoms with Crippen LogP contribution in [-0.2, 0) is 0 Å². The number of hydrogen-bond acceptors (Lipinski definition) is 2. The molecule has 0 fully saturated rings. The van der Waals surface area contributed by atoms with Gasteiger partial charge in [0.05, 0.1) is 0 Å². The summed E-state index contributed by atoms with van der Waals surface area (Å²) in [6.45, 7) is 6.64. The highest BCUT2D eigenvalue weighted by Crippen LogP contribution is 2.49. The van der Waals surface area contributed by atoms with E-state index in [2.05, 4.69) is 163 Å². The molecule has 0 aliphatic heterocycles. The Labute approximate surface area is 271 Å². The third-order valence-electron chi connectivity index (χ3n) is 7.37. The summed E-state index contributed by atoms with van der Waals surface area (Å²) in [5, 5.41) is 0. The number of aryl methyl sites for hydroxylation is 2. The average Bonchev–Trinajstić information content (AvgIpc) is 3.55. The van der Waals surface area contributed by atoms with Gasteiger partial charge in [-0.2, -0.15) is 0 Å². The van der Waals surface area contributed by atoms with Crippen molar-refractivity contribution in [1.82, 2.24) is 0 Å². The van der Waals surface area contributed by atoms with E-state index in [-0.39, 0.29) is 0 Å². The van der Waals surface area contributed by atoms with Crippen LogP contribution in [0.2, 0.25) is 0 Å². The van der Waals surface area contributed by atoms with E-state index < -0.39 is 0 Å². The Morgan fingerprint density at radius 1 is 0.641 bits per heavy atom. The molecule has 2 aromatic carbocycles. The van der Waals surface area contributed by atoms with E-state index >= 15 is 0 Å². The van der Waals surface area contributed by atoms with Crippen LogP contribution in [0.5, 0.6) is 0 Å². The molecule has 0 saturated carbocycles. The first-order chi connectivity index (χ1) is 18.7. The topological polar surface area (TPSA) is 0 Å². The zero-order valence-electron chi connectivity index (χ0n) is 21.5. The van der Waals surface area contributed by atoms with Crippen molar-refractivity contribution in [2.24, 2.45) is 11.8 Å². The number of thiophene rings is 2. The summed E-state index contributed by atoms with van der Waals surface area (Å²) >= 11 is 19.5. The van der Waals surface area contributed by atoms with Crippen molar-refractivity contribution in [3.63, 3.8) is 0 Å². The van der Waals surface area contributed by atoms with Crippen molar-refractivity contribution in [1.29, 1.82) is 0 Å². The molecule has 0 radical (unpaired) electrons. The van der Waals surface area contributed by atoms with E-state index in [0.717, 1.165) is 24.5 Å². The maximum atomic E-state index is 3.96. The number of rotatable bonds is 4. The van der Waals surface area contributed by atoms with E-state index in [0.29, 0.717) is 11.8 Å². The molecule has 196 valence electrons. The van der Waals surface area contributed by atoms with Crippen LogP contribution in [0.15, 0.2) is 102 Å². The fourth-order valence-corrected chi connectivity index (χ4v) is 9.40. The minimum absolute atomic E-state index is 0.380. The first-order valence-corrected chi connectivity index (χ1v) is 17.4. The molecule has 2 aliphatic carbocycles. The fraction of sp³-hybridized carbons (Fsp3) is 0.152. The van der Waals surface area contributed by atoms with Gasteiger partial charge in [0.2, 0.25) is 0 Å². The Balaban J connectivity index is 1.49. The van der Waals surface area contributed by atoms with Crippen LogP contribution in [0.4, 0.5) is 0 Å². The largest absolute Gasteiger partial charge is 0.141 e. The Hall–Kier alpha value is -1.28. The first kappa shape index (κ1) is 27.9. The molecular weight excluding hydrogens is 780 g/mol. The molecule has 4 aromatic rings. The zero-order valence-corrected chi connectivity index (χ0v) is 29.5. The normalized spacial score (nSPS) is 18.5. The van der Waals surface area contributed by atoms with Crippen LogP contribution in [0.25, 0.3) is 37.6 Å². The van der Waals surface area contributed by atoms with Crippen LogP contribution in [-0.4, -0.2) is 0 Å². The third-order valence-corrected chi connectivity index (χ3v) is 12.6. The van der Waals surface area contributed by atoms with Crippen LogP contribution in [0.3, 0.4) is 0 Å².